The molecule has 3 rings (SSSR count). The van der Waals surface area contributed by atoms with Crippen LogP contribution in [-0.4, -0.2) is 6.10 Å². The molecule has 96 valence electrons. The molecule has 0 unspecified atom stereocenters. The zero-order chi connectivity index (χ0) is 12.3. The van der Waals surface area contributed by atoms with Crippen LogP contribution in [-0.2, 0) is 4.74 Å². The summed E-state index contributed by atoms with van der Waals surface area (Å²) in [5, 5.41) is 0. The van der Waals surface area contributed by atoms with Crippen LogP contribution < -0.4 is 0 Å². The maximum atomic E-state index is 5.82. The standard InChI is InChI=1S/C16H26O/c1-11-14-12(10-17-11)6-7-13-15(2,3)8-5-9-16(13,14)4/h10-11,13-14H,5-9H2,1-4H3/t11-,13+,14+,16+/m1/s1. The van der Waals surface area contributed by atoms with E-state index in [-0.39, 0.29) is 0 Å². The molecule has 2 saturated carbocycles. The molecule has 0 aromatic carbocycles. The van der Waals surface area contributed by atoms with Crippen molar-refractivity contribution in [3.8, 4) is 0 Å². The lowest BCUT2D eigenvalue weighted by molar-refractivity contribution is -0.0726. The molecule has 0 bridgehead atoms. The SMILES string of the molecule is C[C@H]1OC=C2CC[C@H]3C(C)(C)CCC[C@]3(C)[C@H]21. The Morgan fingerprint density at radius 2 is 2.00 bits per heavy atom. The molecule has 2 aliphatic carbocycles. The average Bonchev–Trinajstić information content (AvgIpc) is 2.60. The molecule has 3 aliphatic rings. The zero-order valence-corrected chi connectivity index (χ0v) is 11.8. The molecule has 0 N–H and O–H groups in total. The van der Waals surface area contributed by atoms with Crippen molar-refractivity contribution in [2.75, 3.05) is 0 Å². The summed E-state index contributed by atoms with van der Waals surface area (Å²) < 4.78 is 5.82. The molecule has 1 heteroatoms. The summed E-state index contributed by atoms with van der Waals surface area (Å²) in [4.78, 5) is 0. The van der Waals surface area contributed by atoms with Crippen LogP contribution in [0.5, 0.6) is 0 Å². The van der Waals surface area contributed by atoms with Gasteiger partial charge in [0.1, 0.15) is 6.10 Å². The Kier molecular flexibility index (Phi) is 2.41. The Labute approximate surface area is 106 Å². The molecule has 1 nitrogen and oxygen atoms in total. The van der Waals surface area contributed by atoms with Crippen molar-refractivity contribution in [2.45, 2.75) is 65.9 Å². The minimum absolute atomic E-state index is 0.409. The van der Waals surface area contributed by atoms with Crippen molar-refractivity contribution < 1.29 is 4.74 Å². The highest BCUT2D eigenvalue weighted by Crippen LogP contribution is 2.62. The van der Waals surface area contributed by atoms with Crippen LogP contribution in [0.2, 0.25) is 0 Å². The molecule has 0 saturated heterocycles. The van der Waals surface area contributed by atoms with E-state index in [0.717, 1.165) is 5.92 Å². The van der Waals surface area contributed by atoms with Gasteiger partial charge in [0.2, 0.25) is 0 Å². The first-order chi connectivity index (χ1) is 7.95. The number of hydrogen-bond donors (Lipinski definition) is 0. The van der Waals surface area contributed by atoms with Crippen LogP contribution >= 0.6 is 0 Å². The van der Waals surface area contributed by atoms with Gasteiger partial charge in [-0.2, -0.15) is 0 Å². The number of rotatable bonds is 0. The number of hydrogen-bond acceptors (Lipinski definition) is 1. The van der Waals surface area contributed by atoms with Crippen molar-refractivity contribution >= 4 is 0 Å². The molecule has 0 amide bonds. The van der Waals surface area contributed by atoms with E-state index >= 15 is 0 Å². The fourth-order valence-electron chi connectivity index (χ4n) is 5.39. The highest BCUT2D eigenvalue weighted by atomic mass is 16.5. The second-order valence-corrected chi connectivity index (χ2v) is 7.45. The fourth-order valence-corrected chi connectivity index (χ4v) is 5.39. The summed E-state index contributed by atoms with van der Waals surface area (Å²) in [6.07, 6.45) is 9.35. The Morgan fingerprint density at radius 3 is 2.76 bits per heavy atom. The normalized spacial score (nSPS) is 47.8. The van der Waals surface area contributed by atoms with Gasteiger partial charge in [-0.25, -0.2) is 0 Å². The summed E-state index contributed by atoms with van der Waals surface area (Å²) in [6, 6.07) is 0. The lowest BCUT2D eigenvalue weighted by Crippen LogP contribution is -2.51. The molecule has 4 atom stereocenters. The van der Waals surface area contributed by atoms with Gasteiger partial charge in [-0.3, -0.25) is 0 Å². The maximum Gasteiger partial charge on any atom is 0.102 e. The predicted octanol–water partition coefficient (Wildman–Crippen LogP) is 4.53. The van der Waals surface area contributed by atoms with Crippen LogP contribution in [0.3, 0.4) is 0 Å². The third-order valence-electron chi connectivity index (χ3n) is 6.01. The topological polar surface area (TPSA) is 9.23 Å². The average molecular weight is 234 g/mol. The van der Waals surface area contributed by atoms with Crippen LogP contribution in [0.15, 0.2) is 11.8 Å². The van der Waals surface area contributed by atoms with Crippen molar-refractivity contribution in [3.63, 3.8) is 0 Å². The minimum Gasteiger partial charge on any atom is -0.498 e. The second kappa shape index (κ2) is 3.52. The Balaban J connectivity index is 1.99. The van der Waals surface area contributed by atoms with Crippen LogP contribution in [0.25, 0.3) is 0 Å². The summed E-state index contributed by atoms with van der Waals surface area (Å²) in [5.41, 5.74) is 2.62. The molecule has 1 aliphatic heterocycles. The van der Waals surface area contributed by atoms with Gasteiger partial charge in [0.25, 0.3) is 0 Å². The summed E-state index contributed by atoms with van der Waals surface area (Å²) >= 11 is 0. The first kappa shape index (κ1) is 11.6. The van der Waals surface area contributed by atoms with E-state index in [9.17, 15) is 0 Å². The lowest BCUT2D eigenvalue weighted by Gasteiger charge is -2.57. The van der Waals surface area contributed by atoms with Gasteiger partial charge < -0.3 is 4.74 Å². The van der Waals surface area contributed by atoms with Crippen molar-refractivity contribution in [1.29, 1.82) is 0 Å². The van der Waals surface area contributed by atoms with E-state index in [4.69, 9.17) is 4.74 Å². The molecule has 0 radical (unpaired) electrons. The summed E-state index contributed by atoms with van der Waals surface area (Å²) in [5.74, 6) is 1.58. The van der Waals surface area contributed by atoms with Crippen LogP contribution in [0.4, 0.5) is 0 Å². The molecule has 17 heavy (non-hydrogen) atoms. The third kappa shape index (κ3) is 1.50. The largest absolute Gasteiger partial charge is 0.498 e. The number of ether oxygens (including phenoxy) is 1. The van der Waals surface area contributed by atoms with Gasteiger partial charge in [0.05, 0.1) is 6.26 Å². The van der Waals surface area contributed by atoms with E-state index in [1.807, 2.05) is 0 Å². The van der Waals surface area contributed by atoms with E-state index in [0.29, 0.717) is 22.9 Å². The first-order valence-corrected chi connectivity index (χ1v) is 7.29. The van der Waals surface area contributed by atoms with Crippen molar-refractivity contribution in [2.24, 2.45) is 22.7 Å². The summed E-state index contributed by atoms with van der Waals surface area (Å²) in [6.45, 7) is 9.79. The monoisotopic (exact) mass is 234 g/mol. The predicted molar refractivity (Wildman–Crippen MR) is 70.6 cm³/mol. The fraction of sp³-hybridized carbons (Fsp3) is 0.875. The van der Waals surface area contributed by atoms with E-state index in [1.54, 1.807) is 5.57 Å². The van der Waals surface area contributed by atoms with Gasteiger partial charge in [-0.05, 0) is 54.9 Å². The van der Waals surface area contributed by atoms with Gasteiger partial charge in [0, 0.05) is 5.92 Å². The minimum atomic E-state index is 0.409. The third-order valence-corrected chi connectivity index (χ3v) is 6.01. The Morgan fingerprint density at radius 1 is 1.24 bits per heavy atom. The molecular weight excluding hydrogens is 208 g/mol. The van der Waals surface area contributed by atoms with Crippen LogP contribution in [0, 0.1) is 22.7 Å². The maximum absolute atomic E-state index is 5.82. The van der Waals surface area contributed by atoms with Gasteiger partial charge >= 0.3 is 0 Å². The molecule has 0 spiro atoms. The van der Waals surface area contributed by atoms with Gasteiger partial charge in [-0.15, -0.1) is 0 Å². The quantitative estimate of drug-likeness (QED) is 0.598. The van der Waals surface area contributed by atoms with Gasteiger partial charge in [-0.1, -0.05) is 27.2 Å². The number of fused-ring (bicyclic) bond motifs is 3. The van der Waals surface area contributed by atoms with Gasteiger partial charge in [0.15, 0.2) is 0 Å². The van der Waals surface area contributed by atoms with E-state index < -0.39 is 0 Å². The van der Waals surface area contributed by atoms with Crippen molar-refractivity contribution in [3.05, 3.63) is 11.8 Å². The first-order valence-electron chi connectivity index (χ1n) is 7.29. The Bertz CT molecular complexity index is 355. The highest BCUT2D eigenvalue weighted by Gasteiger charge is 2.56. The zero-order valence-electron chi connectivity index (χ0n) is 11.8. The lowest BCUT2D eigenvalue weighted by atomic mass is 9.47. The highest BCUT2D eigenvalue weighted by molar-refractivity contribution is 5.21. The molecule has 2 fully saturated rings. The molecule has 0 aromatic rings. The molecular formula is C16H26O. The molecule has 0 aromatic heterocycles. The van der Waals surface area contributed by atoms with E-state index in [2.05, 4.69) is 34.0 Å². The molecule has 1 heterocycles. The summed E-state index contributed by atoms with van der Waals surface area (Å²) in [7, 11) is 0. The Hall–Kier alpha value is -0.460. The smallest absolute Gasteiger partial charge is 0.102 e. The van der Waals surface area contributed by atoms with E-state index in [1.165, 1.54) is 32.1 Å². The van der Waals surface area contributed by atoms with Crippen molar-refractivity contribution in [1.82, 2.24) is 0 Å². The second-order valence-electron chi connectivity index (χ2n) is 7.45. The van der Waals surface area contributed by atoms with Crippen LogP contribution in [0.1, 0.15) is 59.8 Å².